The fourth-order valence-electron chi connectivity index (χ4n) is 1.21. The Morgan fingerprint density at radius 2 is 2.38 bits per heavy atom. The van der Waals surface area contributed by atoms with Crippen LogP contribution in [0.1, 0.15) is 19.3 Å². The van der Waals surface area contributed by atoms with Gasteiger partial charge in [-0.1, -0.05) is 0 Å². The smallest absolute Gasteiger partial charge is 0.317 e. The zero-order chi connectivity index (χ0) is 9.68. The van der Waals surface area contributed by atoms with Gasteiger partial charge in [0, 0.05) is 5.75 Å². The van der Waals surface area contributed by atoms with Crippen molar-refractivity contribution in [2.24, 2.45) is 5.92 Å². The summed E-state index contributed by atoms with van der Waals surface area (Å²) in [6.45, 7) is 0. The minimum atomic E-state index is -0.394. The van der Waals surface area contributed by atoms with Crippen molar-refractivity contribution in [1.29, 1.82) is 0 Å². The van der Waals surface area contributed by atoms with E-state index in [4.69, 9.17) is 4.18 Å². The second-order valence-electron chi connectivity index (χ2n) is 2.83. The second-order valence-corrected chi connectivity index (χ2v) is 3.80. The summed E-state index contributed by atoms with van der Waals surface area (Å²) in [5.41, 5.74) is 0. The van der Waals surface area contributed by atoms with Crippen LogP contribution in [-0.4, -0.2) is 24.8 Å². The molecule has 1 aliphatic rings. The van der Waals surface area contributed by atoms with Gasteiger partial charge in [-0.2, -0.15) is 0 Å². The third-order valence-corrected chi connectivity index (χ3v) is 2.55. The van der Waals surface area contributed by atoms with E-state index in [1.165, 1.54) is 12.0 Å². The first-order valence-electron chi connectivity index (χ1n) is 4.14. The van der Waals surface area contributed by atoms with E-state index in [2.05, 4.69) is 4.74 Å². The molecule has 5 heteroatoms. The van der Waals surface area contributed by atoms with Crippen LogP contribution in [0.3, 0.4) is 0 Å². The second kappa shape index (κ2) is 5.24. The highest BCUT2D eigenvalue weighted by atomic mass is 32.2. The minimum Gasteiger partial charge on any atom is -0.393 e. The van der Waals surface area contributed by atoms with Crippen molar-refractivity contribution >= 4 is 24.0 Å². The molecule has 1 aliphatic heterocycles. The molecule has 0 radical (unpaired) electrons. The minimum absolute atomic E-state index is 0.218. The lowest BCUT2D eigenvalue weighted by Gasteiger charge is -2.02. The average molecular weight is 204 g/mol. The summed E-state index contributed by atoms with van der Waals surface area (Å²) in [7, 11) is 1.61. The highest BCUT2D eigenvalue weighted by Gasteiger charge is 2.32. The zero-order valence-electron chi connectivity index (χ0n) is 7.45. The molecule has 1 rings (SSSR count). The molecule has 0 aromatic rings. The van der Waals surface area contributed by atoms with Gasteiger partial charge in [0.15, 0.2) is 0 Å². The molecule has 0 saturated carbocycles. The van der Waals surface area contributed by atoms with Crippen molar-refractivity contribution in [3.8, 4) is 0 Å². The number of hydrogen-bond donors (Lipinski definition) is 0. The highest BCUT2D eigenvalue weighted by molar-refractivity contribution is 7.94. The van der Waals surface area contributed by atoms with Crippen LogP contribution in [0.5, 0.6) is 0 Å². The van der Waals surface area contributed by atoms with Crippen molar-refractivity contribution in [1.82, 2.24) is 0 Å². The molecule has 13 heavy (non-hydrogen) atoms. The van der Waals surface area contributed by atoms with Gasteiger partial charge in [-0.15, -0.1) is 0 Å². The molecule has 0 N–H and O–H groups in total. The van der Waals surface area contributed by atoms with E-state index in [-0.39, 0.29) is 18.3 Å². The molecule has 1 unspecified atom stereocenters. The summed E-state index contributed by atoms with van der Waals surface area (Å²) in [5, 5.41) is 0. The van der Waals surface area contributed by atoms with Gasteiger partial charge in [0.05, 0.1) is 19.4 Å². The summed E-state index contributed by atoms with van der Waals surface area (Å²) in [4.78, 5) is 21.6. The third kappa shape index (κ3) is 3.36. The summed E-state index contributed by atoms with van der Waals surface area (Å²) < 4.78 is 9.20. The predicted molar refractivity (Wildman–Crippen MR) is 47.9 cm³/mol. The molecule has 1 fully saturated rings. The van der Waals surface area contributed by atoms with Crippen molar-refractivity contribution in [2.75, 3.05) is 12.9 Å². The third-order valence-electron chi connectivity index (χ3n) is 1.86. The van der Waals surface area contributed by atoms with Gasteiger partial charge < -0.3 is 8.92 Å². The van der Waals surface area contributed by atoms with E-state index in [0.29, 0.717) is 6.42 Å². The number of esters is 2. The maximum atomic E-state index is 11.0. The van der Waals surface area contributed by atoms with E-state index in [0.717, 1.165) is 12.2 Å². The molecule has 0 aliphatic carbocycles. The molecule has 1 heterocycles. The number of carbonyl (C=O) groups is 2. The highest BCUT2D eigenvalue weighted by Crippen LogP contribution is 2.21. The maximum absolute atomic E-state index is 11.0. The number of rotatable bonds is 5. The Bertz CT molecular complexity index is 204. The fourth-order valence-corrected chi connectivity index (χ4v) is 1.66. The molecule has 1 saturated heterocycles. The summed E-state index contributed by atoms with van der Waals surface area (Å²) >= 11 is 1.36. The average Bonchev–Trinajstić information content (AvgIpc) is 2.39. The molecular formula is C8H12O4S. The number of ether oxygens (including phenoxy) is 1. The van der Waals surface area contributed by atoms with Gasteiger partial charge in [0.1, 0.15) is 0 Å². The Morgan fingerprint density at radius 1 is 1.62 bits per heavy atom. The van der Waals surface area contributed by atoms with Gasteiger partial charge in [0.2, 0.25) is 0 Å². The molecule has 4 nitrogen and oxygen atoms in total. The van der Waals surface area contributed by atoms with E-state index in [9.17, 15) is 9.59 Å². The van der Waals surface area contributed by atoms with Crippen molar-refractivity contribution < 1.29 is 18.5 Å². The molecular weight excluding hydrogens is 192 g/mol. The quantitative estimate of drug-likeness (QED) is 0.291. The lowest BCUT2D eigenvalue weighted by Crippen LogP contribution is -2.07. The van der Waals surface area contributed by atoms with Gasteiger partial charge in [0.25, 0.3) is 0 Å². The predicted octanol–water partition coefficient (Wildman–Crippen LogP) is 1.15. The van der Waals surface area contributed by atoms with Crippen LogP contribution in [0.25, 0.3) is 0 Å². The Labute approximate surface area is 81.2 Å². The Morgan fingerprint density at radius 3 is 2.92 bits per heavy atom. The monoisotopic (exact) mass is 204 g/mol. The molecule has 0 aromatic heterocycles. The van der Waals surface area contributed by atoms with Crippen molar-refractivity contribution in [3.63, 3.8) is 0 Å². The van der Waals surface area contributed by atoms with Crippen LogP contribution in [0, 0.1) is 5.92 Å². The first-order valence-corrected chi connectivity index (χ1v) is 5.05. The number of cyclic esters (lactones) is 2. The molecule has 0 amide bonds. The van der Waals surface area contributed by atoms with Crippen LogP contribution in [0.15, 0.2) is 0 Å². The topological polar surface area (TPSA) is 52.6 Å². The van der Waals surface area contributed by atoms with Crippen LogP contribution >= 0.6 is 12.0 Å². The summed E-state index contributed by atoms with van der Waals surface area (Å²) in [6, 6.07) is 0. The zero-order valence-corrected chi connectivity index (χ0v) is 8.26. The normalized spacial score (nSPS) is 22.1. The van der Waals surface area contributed by atoms with E-state index in [1.807, 2.05) is 0 Å². The molecule has 0 spiro atoms. The molecule has 1 atom stereocenters. The molecule has 74 valence electrons. The van der Waals surface area contributed by atoms with E-state index < -0.39 is 5.97 Å². The van der Waals surface area contributed by atoms with Gasteiger partial charge in [-0.25, -0.2) is 0 Å². The van der Waals surface area contributed by atoms with Crippen LogP contribution in [0.2, 0.25) is 0 Å². The lowest BCUT2D eigenvalue weighted by atomic mass is 10.0. The fraction of sp³-hybridized carbons (Fsp3) is 0.750. The largest absolute Gasteiger partial charge is 0.393 e. The molecule has 0 aromatic carbocycles. The van der Waals surface area contributed by atoms with E-state index in [1.54, 1.807) is 7.11 Å². The Kier molecular flexibility index (Phi) is 4.24. The first kappa shape index (κ1) is 10.5. The van der Waals surface area contributed by atoms with Crippen LogP contribution < -0.4 is 0 Å². The van der Waals surface area contributed by atoms with Gasteiger partial charge >= 0.3 is 11.9 Å². The summed E-state index contributed by atoms with van der Waals surface area (Å²) in [6.07, 6.45) is 1.82. The SMILES string of the molecule is COSCCCC1CC(=O)OC1=O. The van der Waals surface area contributed by atoms with Crippen LogP contribution in [0.4, 0.5) is 0 Å². The van der Waals surface area contributed by atoms with Crippen LogP contribution in [-0.2, 0) is 18.5 Å². The van der Waals surface area contributed by atoms with Gasteiger partial charge in [-0.05, 0) is 24.9 Å². The lowest BCUT2D eigenvalue weighted by molar-refractivity contribution is -0.153. The Hall–Kier alpha value is -0.550. The standard InChI is InChI=1S/C8H12O4S/c1-11-13-4-2-3-6-5-7(9)12-8(6)10/h6H,2-5H2,1H3. The first-order chi connectivity index (χ1) is 6.24. The van der Waals surface area contributed by atoms with E-state index >= 15 is 0 Å². The van der Waals surface area contributed by atoms with Crippen molar-refractivity contribution in [2.45, 2.75) is 19.3 Å². The maximum Gasteiger partial charge on any atom is 0.317 e. The number of hydrogen-bond acceptors (Lipinski definition) is 5. The summed E-state index contributed by atoms with van der Waals surface area (Å²) in [5.74, 6) is -0.138. The van der Waals surface area contributed by atoms with Gasteiger partial charge in [-0.3, -0.25) is 9.59 Å². The Balaban J connectivity index is 2.14. The molecule has 0 bridgehead atoms. The number of carbonyl (C=O) groups excluding carboxylic acids is 2. The van der Waals surface area contributed by atoms with Crippen molar-refractivity contribution in [3.05, 3.63) is 0 Å².